The van der Waals surface area contributed by atoms with Crippen LogP contribution in [0.3, 0.4) is 0 Å². The largest absolute Gasteiger partial charge is 0.304 e. The van der Waals surface area contributed by atoms with Crippen LogP contribution >= 0.6 is 0 Å². The van der Waals surface area contributed by atoms with E-state index in [1.165, 1.54) is 32.5 Å². The normalized spacial score (nSPS) is 22.1. The first kappa shape index (κ1) is 9.12. The molecule has 0 amide bonds. The van der Waals surface area contributed by atoms with Crippen LogP contribution in [0.5, 0.6) is 0 Å². The quantitative estimate of drug-likeness (QED) is 0.550. The Kier molecular flexibility index (Phi) is 3.44. The fourth-order valence-electron chi connectivity index (χ4n) is 1.94. The molecule has 0 aliphatic carbocycles. The van der Waals surface area contributed by atoms with Crippen LogP contribution in [-0.2, 0) is 0 Å². The Labute approximate surface area is 71.2 Å². The number of nitrogens with zero attached hydrogens (tertiary/aromatic N) is 1. The summed E-state index contributed by atoms with van der Waals surface area (Å²) in [5.74, 6) is 0.998. The second-order valence-corrected chi connectivity index (χ2v) is 4.02. The molecule has 1 aliphatic heterocycles. The van der Waals surface area contributed by atoms with E-state index in [4.69, 9.17) is 0 Å². The zero-order valence-electron chi connectivity index (χ0n) is 8.14. The summed E-state index contributed by atoms with van der Waals surface area (Å²) in [5, 5.41) is 0. The monoisotopic (exact) mass is 153 g/mol. The first-order chi connectivity index (χ1) is 5.24. The van der Waals surface area contributed by atoms with Crippen LogP contribution in [0.25, 0.3) is 0 Å². The maximum absolute atomic E-state index is 2.55. The van der Waals surface area contributed by atoms with Crippen LogP contribution in [-0.4, -0.2) is 31.2 Å². The molecule has 0 unspecified atom stereocenters. The molecule has 0 N–H and O–H groups in total. The van der Waals surface area contributed by atoms with Gasteiger partial charge >= 0.3 is 0 Å². The van der Waals surface area contributed by atoms with E-state index in [9.17, 15) is 0 Å². The fraction of sp³-hybridized carbons (Fsp3) is 1.00. The van der Waals surface area contributed by atoms with E-state index in [1.54, 1.807) is 0 Å². The molecular weight excluding hydrogens is 133 g/mol. The average Bonchev–Trinajstić information content (AvgIpc) is 2.05. The Bertz CT molecular complexity index is 106. The highest BCUT2D eigenvalue weighted by Gasteiger charge is 2.21. The lowest BCUT2D eigenvalue weighted by atomic mass is 9.43. The van der Waals surface area contributed by atoms with Crippen LogP contribution < -0.4 is 0 Å². The van der Waals surface area contributed by atoms with Gasteiger partial charge in [-0.1, -0.05) is 26.4 Å². The summed E-state index contributed by atoms with van der Waals surface area (Å²) < 4.78 is 0. The van der Waals surface area contributed by atoms with E-state index in [0.717, 1.165) is 12.5 Å². The van der Waals surface area contributed by atoms with Crippen LogP contribution in [0.15, 0.2) is 0 Å². The van der Waals surface area contributed by atoms with Gasteiger partial charge in [0.2, 0.25) is 0 Å². The molecule has 1 aliphatic rings. The van der Waals surface area contributed by atoms with Crippen LogP contribution in [0.1, 0.15) is 19.8 Å². The Morgan fingerprint density at radius 2 is 1.82 bits per heavy atom. The second kappa shape index (κ2) is 4.15. The lowest BCUT2D eigenvalue weighted by Crippen LogP contribution is -2.34. The molecule has 0 saturated carbocycles. The molecule has 0 spiro atoms. The Balaban J connectivity index is 2.24. The van der Waals surface area contributed by atoms with Crippen molar-refractivity contribution in [3.63, 3.8) is 0 Å². The molecule has 1 heterocycles. The number of rotatable bonds is 2. The van der Waals surface area contributed by atoms with E-state index in [2.05, 4.69) is 25.5 Å². The summed E-state index contributed by atoms with van der Waals surface area (Å²) in [6, 6.07) is 0. The molecule has 11 heavy (non-hydrogen) atoms. The SMILES string of the molecule is CCN1CCC(B(C)C)CC1. The zero-order chi connectivity index (χ0) is 8.27. The van der Waals surface area contributed by atoms with Crippen molar-refractivity contribution in [3.8, 4) is 0 Å². The van der Waals surface area contributed by atoms with E-state index in [-0.39, 0.29) is 0 Å². The van der Waals surface area contributed by atoms with Crippen LogP contribution in [0.4, 0.5) is 0 Å². The van der Waals surface area contributed by atoms with Gasteiger partial charge in [0.25, 0.3) is 0 Å². The van der Waals surface area contributed by atoms with Crippen molar-refractivity contribution < 1.29 is 0 Å². The summed E-state index contributed by atoms with van der Waals surface area (Å²) in [4.78, 5) is 2.55. The molecule has 0 atom stereocenters. The first-order valence-corrected chi connectivity index (χ1v) is 4.96. The molecule has 0 aromatic heterocycles. The molecule has 0 bridgehead atoms. The maximum atomic E-state index is 2.55. The lowest BCUT2D eigenvalue weighted by Gasteiger charge is -2.32. The van der Waals surface area contributed by atoms with Gasteiger partial charge in [0.05, 0.1) is 0 Å². The van der Waals surface area contributed by atoms with Crippen molar-refractivity contribution in [1.29, 1.82) is 0 Å². The standard InChI is InChI=1S/C9H20BN/c1-4-11-7-5-9(6-8-11)10(2)3/h9H,4-8H2,1-3H3. The smallest absolute Gasteiger partial charge is 0.136 e. The minimum Gasteiger partial charge on any atom is -0.304 e. The van der Waals surface area contributed by atoms with Crippen molar-refractivity contribution in [1.82, 2.24) is 4.90 Å². The molecule has 0 aromatic rings. The molecule has 0 radical (unpaired) electrons. The number of likely N-dealkylation sites (tertiary alicyclic amines) is 1. The highest BCUT2D eigenvalue weighted by molar-refractivity contribution is 6.57. The van der Waals surface area contributed by atoms with Gasteiger partial charge in [0.15, 0.2) is 0 Å². The van der Waals surface area contributed by atoms with Gasteiger partial charge in [-0.2, -0.15) is 0 Å². The van der Waals surface area contributed by atoms with Gasteiger partial charge in [-0.25, -0.2) is 0 Å². The Morgan fingerprint density at radius 3 is 2.18 bits per heavy atom. The van der Waals surface area contributed by atoms with Crippen LogP contribution in [0, 0.1) is 0 Å². The van der Waals surface area contributed by atoms with Crippen molar-refractivity contribution in [2.75, 3.05) is 19.6 Å². The van der Waals surface area contributed by atoms with E-state index in [0.29, 0.717) is 0 Å². The van der Waals surface area contributed by atoms with E-state index in [1.807, 2.05) is 0 Å². The van der Waals surface area contributed by atoms with Gasteiger partial charge in [-0.15, -0.1) is 0 Å². The van der Waals surface area contributed by atoms with Crippen molar-refractivity contribution in [2.24, 2.45) is 0 Å². The fourth-order valence-corrected chi connectivity index (χ4v) is 1.94. The van der Waals surface area contributed by atoms with Gasteiger partial charge in [0.1, 0.15) is 6.71 Å². The summed E-state index contributed by atoms with van der Waals surface area (Å²) in [6.45, 7) is 11.8. The summed E-state index contributed by atoms with van der Waals surface area (Å²) in [6.07, 6.45) is 2.84. The van der Waals surface area contributed by atoms with Crippen LogP contribution in [0.2, 0.25) is 19.5 Å². The Morgan fingerprint density at radius 1 is 1.27 bits per heavy atom. The van der Waals surface area contributed by atoms with Crippen molar-refractivity contribution in [3.05, 3.63) is 0 Å². The summed E-state index contributed by atoms with van der Waals surface area (Å²) in [5.41, 5.74) is 0. The van der Waals surface area contributed by atoms with Gasteiger partial charge < -0.3 is 4.90 Å². The first-order valence-electron chi connectivity index (χ1n) is 4.96. The topological polar surface area (TPSA) is 3.24 Å². The number of piperidine rings is 1. The molecule has 0 aromatic carbocycles. The molecule has 2 heteroatoms. The number of hydrogen-bond acceptors (Lipinski definition) is 1. The third-order valence-electron chi connectivity index (χ3n) is 3.02. The maximum Gasteiger partial charge on any atom is 0.136 e. The molecule has 1 saturated heterocycles. The minimum atomic E-state index is 0.897. The third kappa shape index (κ3) is 2.51. The van der Waals surface area contributed by atoms with Crippen molar-refractivity contribution in [2.45, 2.75) is 39.2 Å². The highest BCUT2D eigenvalue weighted by Crippen LogP contribution is 2.25. The van der Waals surface area contributed by atoms with E-state index >= 15 is 0 Å². The molecule has 64 valence electrons. The minimum absolute atomic E-state index is 0.897. The number of hydrogen-bond donors (Lipinski definition) is 0. The van der Waals surface area contributed by atoms with Crippen molar-refractivity contribution >= 4 is 6.71 Å². The zero-order valence-corrected chi connectivity index (χ0v) is 8.14. The molecule has 1 nitrogen and oxygen atoms in total. The van der Waals surface area contributed by atoms with Gasteiger partial charge in [0, 0.05) is 0 Å². The molecular formula is C9H20BN. The second-order valence-electron chi connectivity index (χ2n) is 4.02. The van der Waals surface area contributed by atoms with E-state index < -0.39 is 0 Å². The summed E-state index contributed by atoms with van der Waals surface area (Å²) >= 11 is 0. The van der Waals surface area contributed by atoms with Gasteiger partial charge in [-0.3, -0.25) is 0 Å². The predicted molar refractivity (Wildman–Crippen MR) is 52.6 cm³/mol. The summed E-state index contributed by atoms with van der Waals surface area (Å²) in [7, 11) is 0. The lowest BCUT2D eigenvalue weighted by molar-refractivity contribution is 0.239. The molecule has 1 fully saturated rings. The highest BCUT2D eigenvalue weighted by atomic mass is 15.1. The average molecular weight is 153 g/mol. The molecule has 1 rings (SSSR count). The Hall–Kier alpha value is 0.0249. The third-order valence-corrected chi connectivity index (χ3v) is 3.02. The predicted octanol–water partition coefficient (Wildman–Crippen LogP) is 2.23. The van der Waals surface area contributed by atoms with Gasteiger partial charge in [-0.05, 0) is 32.5 Å².